The molecule has 1 fully saturated rings. The van der Waals surface area contributed by atoms with Crippen LogP contribution >= 0.6 is 0 Å². The second-order valence-corrected chi connectivity index (χ2v) is 5.77. The molecule has 0 spiro atoms. The molecule has 1 saturated carbocycles. The Morgan fingerprint density at radius 1 is 1.29 bits per heavy atom. The Labute approximate surface area is 107 Å². The predicted octanol–water partition coefficient (Wildman–Crippen LogP) is 2.11. The van der Waals surface area contributed by atoms with Crippen LogP contribution in [0.15, 0.2) is 0 Å². The molecule has 3 nitrogen and oxygen atoms in total. The summed E-state index contributed by atoms with van der Waals surface area (Å²) in [6.07, 6.45) is 5.12. The summed E-state index contributed by atoms with van der Waals surface area (Å²) in [6, 6.07) is 0.689. The average molecular weight is 242 g/mol. The molecule has 0 radical (unpaired) electrons. The number of nitrogens with zero attached hydrogens (tertiary/aromatic N) is 1. The second kappa shape index (κ2) is 8.06. The van der Waals surface area contributed by atoms with E-state index in [-0.39, 0.29) is 0 Å². The molecule has 0 aromatic rings. The van der Waals surface area contributed by atoms with Crippen molar-refractivity contribution in [3.05, 3.63) is 0 Å². The molecule has 1 rings (SSSR count). The highest BCUT2D eigenvalue weighted by atomic mass is 16.5. The van der Waals surface area contributed by atoms with E-state index in [0.29, 0.717) is 12.0 Å². The molecule has 102 valence electrons. The Bertz CT molecular complexity index is 197. The van der Waals surface area contributed by atoms with Crippen LogP contribution in [0.1, 0.15) is 39.5 Å². The van der Waals surface area contributed by atoms with Crippen LogP contribution < -0.4 is 5.73 Å². The molecule has 1 aliphatic rings. The topological polar surface area (TPSA) is 38.5 Å². The lowest BCUT2D eigenvalue weighted by Crippen LogP contribution is -2.39. The fraction of sp³-hybridized carbons (Fsp3) is 1.00. The van der Waals surface area contributed by atoms with Crippen molar-refractivity contribution in [2.24, 2.45) is 17.6 Å². The fourth-order valence-electron chi connectivity index (χ4n) is 2.67. The van der Waals surface area contributed by atoms with Crippen molar-refractivity contribution in [1.82, 2.24) is 4.90 Å². The highest BCUT2D eigenvalue weighted by Gasteiger charge is 2.28. The molecule has 2 unspecified atom stereocenters. The molecule has 0 saturated heterocycles. The summed E-state index contributed by atoms with van der Waals surface area (Å²) >= 11 is 0. The molecular formula is C14H30N2O. The van der Waals surface area contributed by atoms with Crippen LogP contribution in [-0.2, 0) is 4.74 Å². The number of likely N-dealkylation sites (N-methyl/N-ethyl adjacent to an activating group) is 1. The highest BCUT2D eigenvalue weighted by Crippen LogP contribution is 2.28. The van der Waals surface area contributed by atoms with E-state index < -0.39 is 0 Å². The molecule has 0 aliphatic heterocycles. The van der Waals surface area contributed by atoms with E-state index in [1.54, 1.807) is 0 Å². The lowest BCUT2D eigenvalue weighted by atomic mass is 10.0. The smallest absolute Gasteiger partial charge is 0.0593 e. The molecule has 3 heteroatoms. The van der Waals surface area contributed by atoms with Crippen LogP contribution in [0, 0.1) is 11.8 Å². The summed E-state index contributed by atoms with van der Waals surface area (Å²) in [7, 11) is 2.21. The molecule has 17 heavy (non-hydrogen) atoms. The van der Waals surface area contributed by atoms with Crippen molar-refractivity contribution in [2.75, 3.05) is 33.4 Å². The van der Waals surface area contributed by atoms with Gasteiger partial charge in [0, 0.05) is 19.2 Å². The highest BCUT2D eigenvalue weighted by molar-refractivity contribution is 4.84. The predicted molar refractivity (Wildman–Crippen MR) is 73.1 cm³/mol. The van der Waals surface area contributed by atoms with Gasteiger partial charge in [0.1, 0.15) is 0 Å². The Morgan fingerprint density at radius 3 is 2.71 bits per heavy atom. The van der Waals surface area contributed by atoms with Crippen molar-refractivity contribution in [3.63, 3.8) is 0 Å². The third kappa shape index (κ3) is 5.36. The summed E-state index contributed by atoms with van der Waals surface area (Å²) in [4.78, 5) is 2.44. The standard InChI is InChI=1S/C14H30N2O/c1-12(2)7-9-17-10-8-16(3)14-6-4-5-13(14)11-15/h12-14H,4-11,15H2,1-3H3. The summed E-state index contributed by atoms with van der Waals surface area (Å²) in [6.45, 7) is 8.11. The summed E-state index contributed by atoms with van der Waals surface area (Å²) < 4.78 is 5.67. The largest absolute Gasteiger partial charge is 0.380 e. The van der Waals surface area contributed by atoms with Gasteiger partial charge >= 0.3 is 0 Å². The van der Waals surface area contributed by atoms with Crippen LogP contribution in [0.3, 0.4) is 0 Å². The SMILES string of the molecule is CC(C)CCOCCN(C)C1CCCC1CN. The summed E-state index contributed by atoms with van der Waals surface area (Å²) in [5, 5.41) is 0. The van der Waals surface area contributed by atoms with E-state index in [4.69, 9.17) is 10.5 Å². The van der Waals surface area contributed by atoms with Gasteiger partial charge in [-0.25, -0.2) is 0 Å². The van der Waals surface area contributed by atoms with Crippen LogP contribution in [0.4, 0.5) is 0 Å². The third-order valence-electron chi connectivity index (χ3n) is 3.92. The van der Waals surface area contributed by atoms with Crippen molar-refractivity contribution in [3.8, 4) is 0 Å². The van der Waals surface area contributed by atoms with Gasteiger partial charge in [-0.2, -0.15) is 0 Å². The molecule has 0 amide bonds. The minimum atomic E-state index is 0.689. The minimum absolute atomic E-state index is 0.689. The van der Waals surface area contributed by atoms with Gasteiger partial charge in [0.2, 0.25) is 0 Å². The number of nitrogens with two attached hydrogens (primary N) is 1. The maximum atomic E-state index is 5.81. The van der Waals surface area contributed by atoms with Gasteiger partial charge in [0.25, 0.3) is 0 Å². The molecule has 0 aromatic heterocycles. The first-order valence-electron chi connectivity index (χ1n) is 7.13. The third-order valence-corrected chi connectivity index (χ3v) is 3.92. The Balaban J connectivity index is 2.10. The number of hydrogen-bond acceptors (Lipinski definition) is 3. The van der Waals surface area contributed by atoms with Crippen molar-refractivity contribution in [2.45, 2.75) is 45.6 Å². The van der Waals surface area contributed by atoms with Gasteiger partial charge in [0.15, 0.2) is 0 Å². The zero-order valence-corrected chi connectivity index (χ0v) is 11.8. The molecule has 1 aliphatic carbocycles. The van der Waals surface area contributed by atoms with Crippen LogP contribution in [0.25, 0.3) is 0 Å². The van der Waals surface area contributed by atoms with Gasteiger partial charge in [0.05, 0.1) is 6.61 Å². The second-order valence-electron chi connectivity index (χ2n) is 5.77. The molecule has 2 atom stereocenters. The molecule has 0 aromatic carbocycles. The van der Waals surface area contributed by atoms with Crippen LogP contribution in [-0.4, -0.2) is 44.3 Å². The van der Waals surface area contributed by atoms with E-state index in [2.05, 4.69) is 25.8 Å². The summed E-state index contributed by atoms with van der Waals surface area (Å²) in [5.74, 6) is 1.44. The van der Waals surface area contributed by atoms with E-state index in [1.807, 2.05) is 0 Å². The van der Waals surface area contributed by atoms with Gasteiger partial charge in [-0.15, -0.1) is 0 Å². The van der Waals surface area contributed by atoms with Gasteiger partial charge in [-0.1, -0.05) is 20.3 Å². The zero-order chi connectivity index (χ0) is 12.7. The van der Waals surface area contributed by atoms with E-state index in [1.165, 1.54) is 25.7 Å². The van der Waals surface area contributed by atoms with E-state index in [0.717, 1.165) is 32.2 Å². The van der Waals surface area contributed by atoms with Crippen molar-refractivity contribution < 1.29 is 4.74 Å². The summed E-state index contributed by atoms with van der Waals surface area (Å²) in [5.41, 5.74) is 5.81. The lowest BCUT2D eigenvalue weighted by Gasteiger charge is -2.28. The van der Waals surface area contributed by atoms with Crippen LogP contribution in [0.2, 0.25) is 0 Å². The number of rotatable bonds is 8. The van der Waals surface area contributed by atoms with Crippen LogP contribution in [0.5, 0.6) is 0 Å². The zero-order valence-electron chi connectivity index (χ0n) is 11.8. The first-order valence-corrected chi connectivity index (χ1v) is 7.13. The first-order chi connectivity index (χ1) is 8.15. The Hall–Kier alpha value is -0.120. The van der Waals surface area contributed by atoms with Gasteiger partial charge < -0.3 is 15.4 Å². The monoisotopic (exact) mass is 242 g/mol. The molecule has 0 bridgehead atoms. The number of ether oxygens (including phenoxy) is 1. The molecule has 0 heterocycles. The minimum Gasteiger partial charge on any atom is -0.380 e. The van der Waals surface area contributed by atoms with E-state index in [9.17, 15) is 0 Å². The fourth-order valence-corrected chi connectivity index (χ4v) is 2.67. The first kappa shape index (κ1) is 14.9. The van der Waals surface area contributed by atoms with E-state index >= 15 is 0 Å². The molecule has 2 N–H and O–H groups in total. The lowest BCUT2D eigenvalue weighted by molar-refractivity contribution is 0.0848. The maximum Gasteiger partial charge on any atom is 0.0593 e. The molecular weight excluding hydrogens is 212 g/mol. The number of hydrogen-bond donors (Lipinski definition) is 1. The maximum absolute atomic E-state index is 5.81. The van der Waals surface area contributed by atoms with Gasteiger partial charge in [-0.3, -0.25) is 0 Å². The van der Waals surface area contributed by atoms with Crippen molar-refractivity contribution in [1.29, 1.82) is 0 Å². The Morgan fingerprint density at radius 2 is 2.06 bits per heavy atom. The van der Waals surface area contributed by atoms with Crippen molar-refractivity contribution >= 4 is 0 Å². The normalized spacial score (nSPS) is 25.1. The van der Waals surface area contributed by atoms with Gasteiger partial charge in [-0.05, 0) is 44.7 Å². The Kier molecular flexibility index (Phi) is 7.09. The quantitative estimate of drug-likeness (QED) is 0.663. The average Bonchev–Trinajstić information content (AvgIpc) is 2.75.